The molecular formula is C17H23ClFN3O. The molecular weight excluding hydrogens is 317 g/mol. The zero-order valence-corrected chi connectivity index (χ0v) is 14.6. The van der Waals surface area contributed by atoms with Crippen molar-refractivity contribution in [3.63, 3.8) is 0 Å². The van der Waals surface area contributed by atoms with Crippen LogP contribution >= 0.6 is 11.6 Å². The summed E-state index contributed by atoms with van der Waals surface area (Å²) in [5.74, 6) is -0.283. The largest absolute Gasteiger partial charge is 0.384 e. The van der Waals surface area contributed by atoms with E-state index < -0.39 is 11.4 Å². The second-order valence-corrected chi connectivity index (χ2v) is 6.83. The highest BCUT2D eigenvalue weighted by atomic mass is 35.5. The molecule has 0 spiro atoms. The van der Waals surface area contributed by atoms with Crippen molar-refractivity contribution in [1.82, 2.24) is 15.1 Å². The van der Waals surface area contributed by atoms with E-state index in [9.17, 15) is 9.50 Å². The molecule has 0 aliphatic heterocycles. The van der Waals surface area contributed by atoms with Gasteiger partial charge in [0, 0.05) is 37.0 Å². The highest BCUT2D eigenvalue weighted by Gasteiger charge is 2.28. The lowest BCUT2D eigenvalue weighted by Gasteiger charge is -2.29. The first kappa shape index (κ1) is 17.9. The predicted octanol–water partition coefficient (Wildman–Crippen LogP) is 3.41. The molecule has 0 aliphatic rings. The first-order valence-corrected chi connectivity index (χ1v) is 7.99. The third kappa shape index (κ3) is 4.10. The number of rotatable bonds is 6. The van der Waals surface area contributed by atoms with Crippen LogP contribution in [-0.4, -0.2) is 21.4 Å². The number of aliphatic hydroxyl groups is 1. The van der Waals surface area contributed by atoms with Crippen molar-refractivity contribution in [3.8, 4) is 0 Å². The molecule has 0 bridgehead atoms. The number of halogens is 2. The van der Waals surface area contributed by atoms with Crippen molar-refractivity contribution >= 4 is 11.6 Å². The highest BCUT2D eigenvalue weighted by Crippen LogP contribution is 2.29. The average Bonchev–Trinajstić information content (AvgIpc) is 2.90. The maximum Gasteiger partial charge on any atom is 0.146 e. The van der Waals surface area contributed by atoms with E-state index in [0.717, 1.165) is 0 Å². The molecule has 126 valence electrons. The van der Waals surface area contributed by atoms with E-state index in [1.165, 1.54) is 6.07 Å². The molecule has 2 rings (SSSR count). The Labute approximate surface area is 141 Å². The summed E-state index contributed by atoms with van der Waals surface area (Å²) in [5.41, 5.74) is 0.118. The first-order chi connectivity index (χ1) is 10.7. The topological polar surface area (TPSA) is 50.1 Å². The number of hydrogen-bond acceptors (Lipinski definition) is 3. The van der Waals surface area contributed by atoms with Crippen LogP contribution in [0.25, 0.3) is 0 Å². The van der Waals surface area contributed by atoms with Crippen LogP contribution < -0.4 is 5.32 Å². The van der Waals surface area contributed by atoms with Crippen LogP contribution in [0.5, 0.6) is 0 Å². The molecule has 23 heavy (non-hydrogen) atoms. The van der Waals surface area contributed by atoms with E-state index in [2.05, 4.69) is 10.4 Å². The van der Waals surface area contributed by atoms with Gasteiger partial charge in [0.05, 0.1) is 11.2 Å². The second kappa shape index (κ2) is 6.99. The number of hydrogen-bond donors (Lipinski definition) is 2. The summed E-state index contributed by atoms with van der Waals surface area (Å²) in [7, 11) is 1.80. The van der Waals surface area contributed by atoms with E-state index in [0.29, 0.717) is 11.1 Å². The van der Waals surface area contributed by atoms with Gasteiger partial charge >= 0.3 is 0 Å². The smallest absolute Gasteiger partial charge is 0.146 e. The predicted molar refractivity (Wildman–Crippen MR) is 89.8 cm³/mol. The van der Waals surface area contributed by atoms with Gasteiger partial charge in [-0.1, -0.05) is 37.6 Å². The van der Waals surface area contributed by atoms with Crippen molar-refractivity contribution in [2.75, 3.05) is 6.54 Å². The first-order valence-electron chi connectivity index (χ1n) is 7.61. The van der Waals surface area contributed by atoms with Crippen LogP contribution in [0.4, 0.5) is 4.39 Å². The molecule has 0 radical (unpaired) electrons. The zero-order valence-electron chi connectivity index (χ0n) is 13.8. The number of aromatic nitrogens is 2. The Hall–Kier alpha value is -1.43. The molecule has 1 aromatic heterocycles. The van der Waals surface area contributed by atoms with Crippen LogP contribution in [0.3, 0.4) is 0 Å². The summed E-state index contributed by atoms with van der Waals surface area (Å²) in [6, 6.07) is 4.73. The fourth-order valence-electron chi connectivity index (χ4n) is 2.58. The van der Waals surface area contributed by atoms with Gasteiger partial charge in [-0.3, -0.25) is 4.68 Å². The minimum atomic E-state index is -1.10. The number of nitrogens with zero attached hydrogens (tertiary/aromatic N) is 2. The van der Waals surface area contributed by atoms with Crippen LogP contribution in [0.2, 0.25) is 5.02 Å². The Morgan fingerprint density at radius 3 is 2.70 bits per heavy atom. The van der Waals surface area contributed by atoms with Gasteiger partial charge in [0.2, 0.25) is 0 Å². The van der Waals surface area contributed by atoms with E-state index >= 15 is 0 Å². The molecule has 0 saturated carbocycles. The lowest BCUT2D eigenvalue weighted by atomic mass is 9.93. The van der Waals surface area contributed by atoms with Crippen molar-refractivity contribution in [1.29, 1.82) is 0 Å². The lowest BCUT2D eigenvalue weighted by molar-refractivity contribution is 0.0516. The summed E-state index contributed by atoms with van der Waals surface area (Å²) >= 11 is 5.89. The Morgan fingerprint density at radius 1 is 1.43 bits per heavy atom. The molecule has 2 N–H and O–H groups in total. The standard InChI is InChI=1S/C17H23ClFN3O/c1-11(2)16(13-6-5-7-14(18)15(13)19)20-10-17(3,23)12-8-21-22(4)9-12/h5-9,11,16,20,23H,10H2,1-4H3. The fraction of sp³-hybridized carbons (Fsp3) is 0.471. The van der Waals surface area contributed by atoms with E-state index in [1.54, 1.807) is 43.2 Å². The monoisotopic (exact) mass is 339 g/mol. The van der Waals surface area contributed by atoms with Crippen LogP contribution in [0.1, 0.15) is 37.9 Å². The van der Waals surface area contributed by atoms with Gasteiger partial charge in [0.1, 0.15) is 11.4 Å². The molecule has 0 fully saturated rings. The molecule has 1 heterocycles. The van der Waals surface area contributed by atoms with Crippen LogP contribution in [0.15, 0.2) is 30.6 Å². The SMILES string of the molecule is CC(C)C(NCC(C)(O)c1cnn(C)c1)c1cccc(Cl)c1F. The van der Waals surface area contributed by atoms with Crippen LogP contribution in [-0.2, 0) is 12.6 Å². The Kier molecular flexibility index (Phi) is 5.45. The van der Waals surface area contributed by atoms with E-state index in [-0.39, 0.29) is 23.5 Å². The van der Waals surface area contributed by atoms with Crippen molar-refractivity contribution in [3.05, 3.63) is 52.6 Å². The minimum Gasteiger partial charge on any atom is -0.384 e. The maximum absolute atomic E-state index is 14.3. The van der Waals surface area contributed by atoms with Crippen molar-refractivity contribution in [2.24, 2.45) is 13.0 Å². The van der Waals surface area contributed by atoms with E-state index in [4.69, 9.17) is 11.6 Å². The molecule has 0 saturated heterocycles. The summed E-state index contributed by atoms with van der Waals surface area (Å²) < 4.78 is 15.9. The van der Waals surface area contributed by atoms with Crippen molar-refractivity contribution < 1.29 is 9.50 Å². The van der Waals surface area contributed by atoms with Crippen LogP contribution in [0, 0.1) is 11.7 Å². The molecule has 4 nitrogen and oxygen atoms in total. The number of benzene rings is 1. The Morgan fingerprint density at radius 2 is 2.13 bits per heavy atom. The van der Waals surface area contributed by atoms with Gasteiger partial charge in [-0.05, 0) is 18.9 Å². The molecule has 1 aromatic carbocycles. The van der Waals surface area contributed by atoms with Gasteiger partial charge in [0.15, 0.2) is 0 Å². The summed E-state index contributed by atoms with van der Waals surface area (Å²) in [4.78, 5) is 0. The van der Waals surface area contributed by atoms with Gasteiger partial charge in [-0.25, -0.2) is 4.39 Å². The summed E-state index contributed by atoms with van der Waals surface area (Å²) in [6.45, 7) is 5.98. The maximum atomic E-state index is 14.3. The number of aryl methyl sites for hydroxylation is 1. The quantitative estimate of drug-likeness (QED) is 0.848. The third-order valence-electron chi connectivity index (χ3n) is 3.98. The number of nitrogens with one attached hydrogen (secondary N) is 1. The fourth-order valence-corrected chi connectivity index (χ4v) is 2.76. The normalized spacial score (nSPS) is 15.7. The van der Waals surface area contributed by atoms with E-state index in [1.807, 2.05) is 13.8 Å². The Bertz CT molecular complexity index is 670. The highest BCUT2D eigenvalue weighted by molar-refractivity contribution is 6.30. The van der Waals surface area contributed by atoms with Gasteiger partial charge < -0.3 is 10.4 Å². The molecule has 0 amide bonds. The third-order valence-corrected chi connectivity index (χ3v) is 4.27. The van der Waals surface area contributed by atoms with Gasteiger partial charge in [0.25, 0.3) is 0 Å². The summed E-state index contributed by atoms with van der Waals surface area (Å²) in [5, 5.41) is 18.1. The average molecular weight is 340 g/mol. The zero-order chi connectivity index (χ0) is 17.2. The minimum absolute atomic E-state index is 0.106. The molecule has 2 unspecified atom stereocenters. The van der Waals surface area contributed by atoms with Crippen molar-refractivity contribution in [2.45, 2.75) is 32.4 Å². The van der Waals surface area contributed by atoms with Gasteiger partial charge in [-0.15, -0.1) is 0 Å². The van der Waals surface area contributed by atoms with Gasteiger partial charge in [-0.2, -0.15) is 5.10 Å². The molecule has 2 atom stereocenters. The lowest BCUT2D eigenvalue weighted by Crippen LogP contribution is -2.39. The molecule has 2 aromatic rings. The molecule has 6 heteroatoms. The Balaban J connectivity index is 2.19. The second-order valence-electron chi connectivity index (χ2n) is 6.42. The molecule has 0 aliphatic carbocycles. The summed E-state index contributed by atoms with van der Waals surface area (Å²) in [6.07, 6.45) is 3.40.